The van der Waals surface area contributed by atoms with E-state index in [4.69, 9.17) is 9.47 Å². The van der Waals surface area contributed by atoms with Crippen molar-refractivity contribution in [2.45, 2.75) is 59.5 Å². The van der Waals surface area contributed by atoms with Crippen molar-refractivity contribution in [1.29, 1.82) is 0 Å². The van der Waals surface area contributed by atoms with Crippen LogP contribution in [0.3, 0.4) is 0 Å². The van der Waals surface area contributed by atoms with E-state index in [2.05, 4.69) is 15.6 Å². The van der Waals surface area contributed by atoms with Crippen LogP contribution in [0.25, 0.3) is 0 Å². The molecule has 178 valence electrons. The zero-order chi connectivity index (χ0) is 23.9. The number of amides is 1. The molecule has 0 saturated carbocycles. The molecule has 1 heterocycles. The fraction of sp³-hybridized carbons (Fsp3) is 0.591. The molecule has 10 heteroatoms. The van der Waals surface area contributed by atoms with Gasteiger partial charge >= 0.3 is 11.9 Å². The highest BCUT2D eigenvalue weighted by Gasteiger charge is 2.21. The Labute approximate surface area is 193 Å². The Morgan fingerprint density at radius 2 is 1.97 bits per heavy atom. The van der Waals surface area contributed by atoms with Crippen molar-refractivity contribution in [3.63, 3.8) is 0 Å². The quantitative estimate of drug-likeness (QED) is 0.175. The highest BCUT2D eigenvalue weighted by molar-refractivity contribution is 7.09. The summed E-state index contributed by atoms with van der Waals surface area (Å²) in [5.74, 6) is -1.23. The summed E-state index contributed by atoms with van der Waals surface area (Å²) >= 11 is 1.23. The molecular weight excluding hydrogens is 434 g/mol. The summed E-state index contributed by atoms with van der Waals surface area (Å²) in [5, 5.41) is 7.84. The van der Waals surface area contributed by atoms with Crippen molar-refractivity contribution >= 4 is 35.0 Å². The number of ether oxygens (including phenoxy) is 2. The van der Waals surface area contributed by atoms with E-state index in [-0.39, 0.29) is 36.0 Å². The molecule has 1 amide bonds. The Morgan fingerprint density at radius 3 is 2.62 bits per heavy atom. The first kappa shape index (κ1) is 27.4. The normalized spacial score (nSPS) is 12.9. The Balaban J connectivity index is 2.55. The van der Waals surface area contributed by atoms with Crippen molar-refractivity contribution in [2.75, 3.05) is 19.8 Å². The van der Waals surface area contributed by atoms with Crippen molar-refractivity contribution in [3.05, 3.63) is 28.2 Å². The lowest BCUT2D eigenvalue weighted by Gasteiger charge is -2.15. The lowest BCUT2D eigenvalue weighted by atomic mass is 10.0. The van der Waals surface area contributed by atoms with Gasteiger partial charge in [0.05, 0.1) is 0 Å². The van der Waals surface area contributed by atoms with Crippen LogP contribution in [0.1, 0.15) is 75.0 Å². The topological polar surface area (TPSA) is 124 Å². The molecule has 2 atom stereocenters. The third kappa shape index (κ3) is 10.6. The highest BCUT2D eigenvalue weighted by atomic mass is 32.1. The number of carbonyl (C=O) groups excluding carboxylic acids is 4. The molecular formula is C22H33N3O6S. The van der Waals surface area contributed by atoms with Gasteiger partial charge in [-0.2, -0.15) is 0 Å². The first-order valence-electron chi connectivity index (χ1n) is 10.7. The van der Waals surface area contributed by atoms with E-state index >= 15 is 0 Å². The molecule has 0 bridgehead atoms. The number of aromatic nitrogens is 1. The van der Waals surface area contributed by atoms with Crippen LogP contribution in [-0.4, -0.2) is 48.4 Å². The van der Waals surface area contributed by atoms with Crippen LogP contribution in [0.4, 0.5) is 0 Å². The minimum atomic E-state index is -0.614. The smallest absolute Gasteiger partial charge is 0.307 e. The molecule has 9 nitrogen and oxygen atoms in total. The number of carbonyl (C=O) groups is 4. The van der Waals surface area contributed by atoms with Gasteiger partial charge in [0.15, 0.2) is 11.9 Å². The van der Waals surface area contributed by atoms with Gasteiger partial charge in [0.2, 0.25) is 0 Å². The first-order valence-corrected chi connectivity index (χ1v) is 11.6. The molecule has 0 spiro atoms. The highest BCUT2D eigenvalue weighted by Crippen LogP contribution is 2.25. The SMILES string of the molecule is C/C=C/C(=O)[C@@H](C)CCNC(=O)c1csc([C@@H](CCNCOC(=O)CCC)OC(C)=O)n1. The number of allylic oxidation sites excluding steroid dienone is 2. The molecule has 1 rings (SSSR count). The lowest BCUT2D eigenvalue weighted by Crippen LogP contribution is -2.27. The molecule has 0 fully saturated rings. The lowest BCUT2D eigenvalue weighted by molar-refractivity contribution is -0.147. The maximum atomic E-state index is 12.4. The zero-order valence-electron chi connectivity index (χ0n) is 19.1. The number of hydrogen-bond acceptors (Lipinski definition) is 9. The molecule has 0 saturated heterocycles. The number of nitrogens with one attached hydrogen (secondary N) is 2. The number of hydrogen-bond donors (Lipinski definition) is 2. The van der Waals surface area contributed by atoms with Gasteiger partial charge in [-0.1, -0.05) is 19.9 Å². The second kappa shape index (κ2) is 15.3. The Hall–Kier alpha value is -2.59. The van der Waals surface area contributed by atoms with Gasteiger partial charge in [0.25, 0.3) is 5.91 Å². The average molecular weight is 468 g/mol. The van der Waals surface area contributed by atoms with Gasteiger partial charge in [0.1, 0.15) is 17.4 Å². The number of ketones is 1. The zero-order valence-corrected chi connectivity index (χ0v) is 20.0. The second-order valence-electron chi connectivity index (χ2n) is 7.22. The maximum Gasteiger partial charge on any atom is 0.307 e. The van der Waals surface area contributed by atoms with E-state index in [0.29, 0.717) is 37.4 Å². The van der Waals surface area contributed by atoms with Crippen molar-refractivity contribution < 1.29 is 28.7 Å². The van der Waals surface area contributed by atoms with Gasteiger partial charge in [-0.05, 0) is 25.8 Å². The first-order chi connectivity index (χ1) is 15.3. The standard InChI is InChI=1S/C22H33N3O6S/c1-5-7-18(27)15(3)9-12-24-21(29)17-13-32-22(25-17)19(31-16(4)26)10-11-23-14-30-20(28)8-6-2/h5,7,13,15,19,23H,6,8-12,14H2,1-4H3,(H,24,29)/b7-5+/t15-,19+/m0/s1. The number of thiazole rings is 1. The van der Waals surface area contributed by atoms with Gasteiger partial charge in [-0.25, -0.2) is 4.98 Å². The van der Waals surface area contributed by atoms with Crippen molar-refractivity contribution in [1.82, 2.24) is 15.6 Å². The minimum absolute atomic E-state index is 0.0238. The van der Waals surface area contributed by atoms with Crippen LogP contribution in [0.5, 0.6) is 0 Å². The Morgan fingerprint density at radius 1 is 1.22 bits per heavy atom. The number of nitrogens with zero attached hydrogens (tertiary/aromatic N) is 1. The van der Waals surface area contributed by atoms with Crippen LogP contribution in [0.15, 0.2) is 17.5 Å². The van der Waals surface area contributed by atoms with E-state index in [0.717, 1.165) is 6.42 Å². The Bertz CT molecular complexity index is 792. The third-order valence-corrected chi connectivity index (χ3v) is 5.33. The molecule has 0 unspecified atom stereocenters. The summed E-state index contributed by atoms with van der Waals surface area (Å²) in [7, 11) is 0. The van der Waals surface area contributed by atoms with Gasteiger partial charge in [0, 0.05) is 44.2 Å². The van der Waals surface area contributed by atoms with Crippen molar-refractivity contribution in [3.8, 4) is 0 Å². The van der Waals surface area contributed by atoms with Crippen LogP contribution in [-0.2, 0) is 23.9 Å². The van der Waals surface area contributed by atoms with Crippen molar-refractivity contribution in [2.24, 2.45) is 5.92 Å². The average Bonchev–Trinajstić information content (AvgIpc) is 3.23. The third-order valence-electron chi connectivity index (χ3n) is 4.39. The predicted molar refractivity (Wildman–Crippen MR) is 121 cm³/mol. The van der Waals surface area contributed by atoms with Crippen LogP contribution < -0.4 is 10.6 Å². The summed E-state index contributed by atoms with van der Waals surface area (Å²) in [6.45, 7) is 7.66. The molecule has 1 aromatic heterocycles. The molecule has 1 aromatic rings. The summed E-state index contributed by atoms with van der Waals surface area (Å²) < 4.78 is 10.4. The van der Waals surface area contributed by atoms with E-state index in [1.54, 1.807) is 18.4 Å². The van der Waals surface area contributed by atoms with Gasteiger partial charge in [-0.3, -0.25) is 24.5 Å². The monoisotopic (exact) mass is 467 g/mol. The Kier molecular flexibility index (Phi) is 13.1. The molecule has 0 aliphatic carbocycles. The number of esters is 2. The van der Waals surface area contributed by atoms with E-state index in [1.165, 1.54) is 24.3 Å². The van der Waals surface area contributed by atoms with E-state index < -0.39 is 12.1 Å². The maximum absolute atomic E-state index is 12.4. The summed E-state index contributed by atoms with van der Waals surface area (Å²) in [6, 6.07) is 0. The largest absolute Gasteiger partial charge is 0.455 e. The number of rotatable bonds is 15. The van der Waals surface area contributed by atoms with E-state index in [9.17, 15) is 19.2 Å². The fourth-order valence-electron chi connectivity index (χ4n) is 2.65. The molecule has 2 N–H and O–H groups in total. The summed E-state index contributed by atoms with van der Waals surface area (Å²) in [6.07, 6.45) is 4.63. The second-order valence-corrected chi connectivity index (χ2v) is 8.11. The molecule has 0 aliphatic rings. The fourth-order valence-corrected chi connectivity index (χ4v) is 3.51. The summed E-state index contributed by atoms with van der Waals surface area (Å²) in [4.78, 5) is 51.3. The molecule has 0 aliphatic heterocycles. The van der Waals surface area contributed by atoms with Gasteiger partial charge < -0.3 is 14.8 Å². The molecule has 32 heavy (non-hydrogen) atoms. The summed E-state index contributed by atoms with van der Waals surface area (Å²) in [5.41, 5.74) is 0.232. The minimum Gasteiger partial charge on any atom is -0.455 e. The predicted octanol–water partition coefficient (Wildman–Crippen LogP) is 2.93. The molecule has 0 radical (unpaired) electrons. The molecule has 0 aromatic carbocycles. The van der Waals surface area contributed by atoms with Gasteiger partial charge in [-0.15, -0.1) is 11.3 Å². The van der Waals surface area contributed by atoms with Crippen LogP contribution in [0.2, 0.25) is 0 Å². The van der Waals surface area contributed by atoms with Crippen LogP contribution >= 0.6 is 11.3 Å². The van der Waals surface area contributed by atoms with Crippen LogP contribution in [0, 0.1) is 5.92 Å². The van der Waals surface area contributed by atoms with E-state index in [1.807, 2.05) is 13.8 Å².